The highest BCUT2D eigenvalue weighted by Gasteiger charge is 2.48. The standard InChI is InChI=1S/C21H21F2NO/c1-13-6-5-11-24(13)21(25)17-12-16(17)14-7-2-3-8-15(14)20-18(22)9-4-10-19(20)23/h2-4,7-10,13,16-17H,5-6,11-12H2,1H3/t13?,16-,17+/m0/s1. The van der Waals surface area contributed by atoms with E-state index in [1.54, 1.807) is 12.1 Å². The van der Waals surface area contributed by atoms with Crippen LogP contribution >= 0.6 is 0 Å². The van der Waals surface area contributed by atoms with E-state index in [0.717, 1.165) is 31.4 Å². The second-order valence-electron chi connectivity index (χ2n) is 7.16. The van der Waals surface area contributed by atoms with Gasteiger partial charge < -0.3 is 4.90 Å². The summed E-state index contributed by atoms with van der Waals surface area (Å²) < 4.78 is 28.5. The van der Waals surface area contributed by atoms with Crippen molar-refractivity contribution in [3.8, 4) is 11.1 Å². The molecule has 0 bridgehead atoms. The summed E-state index contributed by atoms with van der Waals surface area (Å²) in [5.41, 5.74) is 1.44. The Labute approximate surface area is 146 Å². The average molecular weight is 341 g/mol. The van der Waals surface area contributed by atoms with E-state index in [2.05, 4.69) is 6.92 Å². The van der Waals surface area contributed by atoms with Crippen LogP contribution in [0.4, 0.5) is 8.78 Å². The maximum Gasteiger partial charge on any atom is 0.226 e. The van der Waals surface area contributed by atoms with Crippen molar-refractivity contribution in [2.24, 2.45) is 5.92 Å². The Bertz CT molecular complexity index is 799. The zero-order valence-corrected chi connectivity index (χ0v) is 14.2. The van der Waals surface area contributed by atoms with Crippen molar-refractivity contribution in [2.75, 3.05) is 6.54 Å². The molecule has 1 saturated carbocycles. The van der Waals surface area contributed by atoms with Gasteiger partial charge in [-0.05, 0) is 55.4 Å². The third-order valence-corrected chi connectivity index (χ3v) is 5.54. The fraction of sp³-hybridized carbons (Fsp3) is 0.381. The fourth-order valence-corrected chi connectivity index (χ4v) is 4.09. The molecule has 4 heteroatoms. The molecule has 1 amide bonds. The maximum absolute atomic E-state index is 14.2. The minimum Gasteiger partial charge on any atom is -0.340 e. The number of hydrogen-bond acceptors (Lipinski definition) is 1. The van der Waals surface area contributed by atoms with Crippen molar-refractivity contribution in [2.45, 2.75) is 38.1 Å². The highest BCUT2D eigenvalue weighted by Crippen LogP contribution is 2.52. The van der Waals surface area contributed by atoms with Gasteiger partial charge in [-0.15, -0.1) is 0 Å². The molecule has 2 aromatic carbocycles. The molecule has 130 valence electrons. The van der Waals surface area contributed by atoms with E-state index in [1.807, 2.05) is 17.0 Å². The molecule has 1 heterocycles. The van der Waals surface area contributed by atoms with E-state index in [9.17, 15) is 13.6 Å². The largest absolute Gasteiger partial charge is 0.340 e. The average Bonchev–Trinajstić information content (AvgIpc) is 3.28. The van der Waals surface area contributed by atoms with Gasteiger partial charge in [0.15, 0.2) is 0 Å². The summed E-state index contributed by atoms with van der Waals surface area (Å²) in [7, 11) is 0. The number of carbonyl (C=O) groups is 1. The van der Waals surface area contributed by atoms with Gasteiger partial charge in [0, 0.05) is 18.5 Å². The van der Waals surface area contributed by atoms with Gasteiger partial charge in [-0.25, -0.2) is 8.78 Å². The maximum atomic E-state index is 14.2. The van der Waals surface area contributed by atoms with Crippen molar-refractivity contribution in [3.05, 3.63) is 59.7 Å². The topological polar surface area (TPSA) is 20.3 Å². The quantitative estimate of drug-likeness (QED) is 0.789. The summed E-state index contributed by atoms with van der Waals surface area (Å²) in [6.45, 7) is 2.91. The van der Waals surface area contributed by atoms with Crippen molar-refractivity contribution in [1.82, 2.24) is 4.90 Å². The minimum absolute atomic E-state index is 0.00531. The molecule has 4 rings (SSSR count). The molecule has 2 aromatic rings. The number of carbonyl (C=O) groups excluding carboxylic acids is 1. The first-order chi connectivity index (χ1) is 12.1. The first kappa shape index (κ1) is 16.2. The molecule has 1 saturated heterocycles. The van der Waals surface area contributed by atoms with E-state index in [4.69, 9.17) is 0 Å². The van der Waals surface area contributed by atoms with Crippen LogP contribution in [0.2, 0.25) is 0 Å². The lowest BCUT2D eigenvalue weighted by molar-refractivity contribution is -0.133. The second kappa shape index (κ2) is 6.25. The predicted molar refractivity (Wildman–Crippen MR) is 93.1 cm³/mol. The zero-order chi connectivity index (χ0) is 17.6. The molecular weight excluding hydrogens is 320 g/mol. The van der Waals surface area contributed by atoms with E-state index < -0.39 is 11.6 Å². The summed E-state index contributed by atoms with van der Waals surface area (Å²) in [6.07, 6.45) is 2.87. The van der Waals surface area contributed by atoms with Crippen LogP contribution in [0, 0.1) is 17.6 Å². The Kier molecular flexibility index (Phi) is 4.06. The van der Waals surface area contributed by atoms with Crippen molar-refractivity contribution in [1.29, 1.82) is 0 Å². The predicted octanol–water partition coefficient (Wildman–Crippen LogP) is 4.75. The molecule has 0 radical (unpaired) electrons. The van der Waals surface area contributed by atoms with Crippen LogP contribution in [0.3, 0.4) is 0 Å². The van der Waals surface area contributed by atoms with Crippen LogP contribution in [0.15, 0.2) is 42.5 Å². The first-order valence-corrected chi connectivity index (χ1v) is 8.91. The minimum atomic E-state index is -0.566. The lowest BCUT2D eigenvalue weighted by Crippen LogP contribution is -2.35. The molecule has 3 atom stereocenters. The lowest BCUT2D eigenvalue weighted by Gasteiger charge is -2.21. The van der Waals surface area contributed by atoms with Gasteiger partial charge in [0.1, 0.15) is 11.6 Å². The number of halogens is 2. The Morgan fingerprint density at radius 3 is 2.48 bits per heavy atom. The van der Waals surface area contributed by atoms with Crippen molar-refractivity contribution >= 4 is 5.91 Å². The Balaban J connectivity index is 1.64. The van der Waals surface area contributed by atoms with Gasteiger partial charge in [0.2, 0.25) is 5.91 Å². The SMILES string of the molecule is CC1CCCN1C(=O)[C@@H]1C[C@H]1c1ccccc1-c1c(F)cccc1F. The summed E-state index contributed by atoms with van der Waals surface area (Å²) >= 11 is 0. The molecule has 1 aliphatic heterocycles. The highest BCUT2D eigenvalue weighted by molar-refractivity contribution is 5.84. The fourth-order valence-electron chi connectivity index (χ4n) is 4.09. The zero-order valence-electron chi connectivity index (χ0n) is 14.2. The van der Waals surface area contributed by atoms with Crippen LogP contribution in [-0.2, 0) is 4.79 Å². The lowest BCUT2D eigenvalue weighted by atomic mass is 9.95. The number of nitrogens with zero attached hydrogens (tertiary/aromatic N) is 1. The van der Waals surface area contributed by atoms with Crippen molar-refractivity contribution < 1.29 is 13.6 Å². The molecule has 2 aliphatic rings. The number of hydrogen-bond donors (Lipinski definition) is 0. The van der Waals surface area contributed by atoms with Gasteiger partial charge in [-0.3, -0.25) is 4.79 Å². The normalized spacial score (nSPS) is 25.2. The Morgan fingerprint density at radius 1 is 1.08 bits per heavy atom. The van der Waals surface area contributed by atoms with E-state index in [-0.39, 0.29) is 23.3 Å². The summed E-state index contributed by atoms with van der Waals surface area (Å²) in [5, 5.41) is 0. The molecule has 2 nitrogen and oxygen atoms in total. The Morgan fingerprint density at radius 2 is 1.80 bits per heavy atom. The third-order valence-electron chi connectivity index (χ3n) is 5.54. The van der Waals surface area contributed by atoms with Crippen molar-refractivity contribution in [3.63, 3.8) is 0 Å². The van der Waals surface area contributed by atoms with Gasteiger partial charge in [0.25, 0.3) is 0 Å². The van der Waals surface area contributed by atoms with Gasteiger partial charge in [-0.2, -0.15) is 0 Å². The molecule has 1 unspecified atom stereocenters. The van der Waals surface area contributed by atoms with Gasteiger partial charge >= 0.3 is 0 Å². The molecule has 0 aromatic heterocycles. The van der Waals surface area contributed by atoms with E-state index >= 15 is 0 Å². The first-order valence-electron chi connectivity index (χ1n) is 8.91. The van der Waals surface area contributed by atoms with Gasteiger partial charge in [0.05, 0.1) is 5.56 Å². The molecule has 0 N–H and O–H groups in total. The molecule has 0 spiro atoms. The monoisotopic (exact) mass is 341 g/mol. The molecular formula is C21H21F2NO. The molecule has 1 aliphatic carbocycles. The summed E-state index contributed by atoms with van der Waals surface area (Å²) in [4.78, 5) is 14.7. The smallest absolute Gasteiger partial charge is 0.226 e. The number of rotatable bonds is 3. The van der Waals surface area contributed by atoms with Crippen LogP contribution < -0.4 is 0 Å². The number of amides is 1. The van der Waals surface area contributed by atoms with E-state index in [1.165, 1.54) is 18.2 Å². The summed E-state index contributed by atoms with van der Waals surface area (Å²) in [5.74, 6) is -0.945. The highest BCUT2D eigenvalue weighted by atomic mass is 19.1. The van der Waals surface area contributed by atoms with Crippen LogP contribution in [0.1, 0.15) is 37.7 Å². The molecule has 25 heavy (non-hydrogen) atoms. The van der Waals surface area contributed by atoms with Crippen LogP contribution in [0.25, 0.3) is 11.1 Å². The third kappa shape index (κ3) is 2.84. The summed E-state index contributed by atoms with van der Waals surface area (Å²) in [6, 6.07) is 11.5. The van der Waals surface area contributed by atoms with Gasteiger partial charge in [-0.1, -0.05) is 30.3 Å². The number of benzene rings is 2. The van der Waals surface area contributed by atoms with E-state index in [0.29, 0.717) is 11.6 Å². The Hall–Kier alpha value is -2.23. The van der Waals surface area contributed by atoms with Crippen LogP contribution in [-0.4, -0.2) is 23.4 Å². The molecule has 2 fully saturated rings. The number of likely N-dealkylation sites (tertiary alicyclic amines) is 1. The van der Waals surface area contributed by atoms with Crippen LogP contribution in [0.5, 0.6) is 0 Å². The second-order valence-corrected chi connectivity index (χ2v) is 7.16.